The lowest BCUT2D eigenvalue weighted by atomic mass is 10.1. The second kappa shape index (κ2) is 6.78. The molecule has 2 aromatic carbocycles. The average molecular weight is 338 g/mol. The predicted molar refractivity (Wildman–Crippen MR) is 96.1 cm³/mol. The molecule has 0 unspecified atom stereocenters. The summed E-state index contributed by atoms with van der Waals surface area (Å²) in [5, 5.41) is 20.3. The molecule has 3 rings (SSSR count). The second-order valence-corrected chi connectivity index (χ2v) is 5.62. The highest BCUT2D eigenvalue weighted by Crippen LogP contribution is 2.27. The number of aryl methyl sites for hydroxylation is 1. The second-order valence-electron chi connectivity index (χ2n) is 5.62. The van der Waals surface area contributed by atoms with Crippen LogP contribution in [0.2, 0.25) is 0 Å². The van der Waals surface area contributed by atoms with Crippen molar-refractivity contribution in [2.75, 3.05) is 18.1 Å². The lowest BCUT2D eigenvalue weighted by Crippen LogP contribution is -2.38. The van der Waals surface area contributed by atoms with E-state index in [0.29, 0.717) is 16.6 Å². The summed E-state index contributed by atoms with van der Waals surface area (Å²) >= 11 is 0. The van der Waals surface area contributed by atoms with Gasteiger partial charge >= 0.3 is 0 Å². The highest BCUT2D eigenvalue weighted by atomic mass is 16.3. The molecule has 6 heteroatoms. The Bertz CT molecular complexity index is 980. The van der Waals surface area contributed by atoms with Crippen molar-refractivity contribution in [1.82, 2.24) is 4.57 Å². The maximum atomic E-state index is 13.0. The smallest absolute Gasteiger partial charge is 0.267 e. The topological polar surface area (TPSA) is 82.8 Å². The van der Waals surface area contributed by atoms with Crippen molar-refractivity contribution in [2.24, 2.45) is 7.05 Å². The van der Waals surface area contributed by atoms with Crippen LogP contribution in [0.5, 0.6) is 5.75 Å². The number of aliphatic hydroxyl groups is 1. The van der Waals surface area contributed by atoms with Crippen LogP contribution in [0.4, 0.5) is 5.69 Å². The summed E-state index contributed by atoms with van der Waals surface area (Å²) in [4.78, 5) is 27.0. The molecule has 0 aliphatic rings. The molecule has 0 fully saturated rings. The quantitative estimate of drug-likeness (QED) is 0.761. The summed E-state index contributed by atoms with van der Waals surface area (Å²) in [5.74, 6) is -0.994. The summed E-state index contributed by atoms with van der Waals surface area (Å²) in [6.07, 6.45) is 0. The zero-order valence-corrected chi connectivity index (χ0v) is 13.7. The number of hydrogen-bond acceptors (Lipinski definition) is 4. The highest BCUT2D eigenvalue weighted by Gasteiger charge is 2.26. The van der Waals surface area contributed by atoms with Crippen LogP contribution in [-0.2, 0) is 7.05 Å². The number of aromatic nitrogens is 1. The molecule has 1 aromatic heterocycles. The van der Waals surface area contributed by atoms with Gasteiger partial charge in [0, 0.05) is 24.7 Å². The molecule has 6 nitrogen and oxygen atoms in total. The predicted octanol–water partition coefficient (Wildman–Crippen LogP) is 1.88. The Balaban J connectivity index is 2.21. The van der Waals surface area contributed by atoms with Crippen LogP contribution in [0.3, 0.4) is 0 Å². The fourth-order valence-corrected chi connectivity index (χ4v) is 2.86. The van der Waals surface area contributed by atoms with Gasteiger partial charge in [0.1, 0.15) is 11.3 Å². The molecular formula is C19H18N2O4. The summed E-state index contributed by atoms with van der Waals surface area (Å²) in [6, 6.07) is 15.6. The van der Waals surface area contributed by atoms with E-state index in [1.54, 1.807) is 61.6 Å². The number of hydrogen-bond donors (Lipinski definition) is 2. The molecule has 1 heterocycles. The van der Waals surface area contributed by atoms with Gasteiger partial charge in [-0.15, -0.1) is 0 Å². The number of aromatic hydroxyl groups is 1. The number of pyridine rings is 1. The van der Waals surface area contributed by atoms with Gasteiger partial charge in [0.25, 0.3) is 11.5 Å². The van der Waals surface area contributed by atoms with E-state index in [2.05, 4.69) is 0 Å². The number of para-hydroxylation sites is 2. The Labute approximate surface area is 144 Å². The van der Waals surface area contributed by atoms with Crippen LogP contribution in [0.1, 0.15) is 10.4 Å². The Morgan fingerprint density at radius 3 is 2.40 bits per heavy atom. The van der Waals surface area contributed by atoms with Gasteiger partial charge in [-0.2, -0.15) is 0 Å². The van der Waals surface area contributed by atoms with Crippen molar-refractivity contribution in [3.63, 3.8) is 0 Å². The van der Waals surface area contributed by atoms with Gasteiger partial charge in [-0.3, -0.25) is 9.59 Å². The number of fused-ring (bicyclic) bond motifs is 1. The summed E-state index contributed by atoms with van der Waals surface area (Å²) in [7, 11) is 1.56. The first-order valence-corrected chi connectivity index (χ1v) is 7.84. The molecule has 2 N–H and O–H groups in total. The van der Waals surface area contributed by atoms with E-state index < -0.39 is 11.5 Å². The van der Waals surface area contributed by atoms with Crippen LogP contribution >= 0.6 is 0 Å². The van der Waals surface area contributed by atoms with Gasteiger partial charge < -0.3 is 19.7 Å². The molecule has 128 valence electrons. The van der Waals surface area contributed by atoms with Crippen LogP contribution in [0, 0.1) is 0 Å². The molecule has 3 aromatic rings. The largest absolute Gasteiger partial charge is 0.506 e. The SMILES string of the molecule is Cn1c(=O)c(C(=O)N(CCO)c2ccccc2)c(O)c2ccccc21. The Morgan fingerprint density at radius 1 is 1.08 bits per heavy atom. The molecule has 0 atom stereocenters. The molecular weight excluding hydrogens is 320 g/mol. The molecule has 0 aliphatic heterocycles. The number of anilines is 1. The first-order valence-electron chi connectivity index (χ1n) is 7.84. The molecule has 0 bridgehead atoms. The van der Waals surface area contributed by atoms with Gasteiger partial charge in [0.2, 0.25) is 0 Å². The Hall–Kier alpha value is -3.12. The van der Waals surface area contributed by atoms with Crippen LogP contribution in [0.25, 0.3) is 10.9 Å². The third-order valence-electron chi connectivity index (χ3n) is 4.13. The van der Waals surface area contributed by atoms with Crippen LogP contribution < -0.4 is 10.5 Å². The third-order valence-corrected chi connectivity index (χ3v) is 4.13. The monoisotopic (exact) mass is 338 g/mol. The summed E-state index contributed by atoms with van der Waals surface area (Å²) in [5.41, 5.74) is 0.185. The van der Waals surface area contributed by atoms with E-state index >= 15 is 0 Å². The minimum Gasteiger partial charge on any atom is -0.506 e. The van der Waals surface area contributed by atoms with Crippen molar-refractivity contribution < 1.29 is 15.0 Å². The zero-order valence-electron chi connectivity index (χ0n) is 13.7. The van der Waals surface area contributed by atoms with Crippen molar-refractivity contribution >= 4 is 22.5 Å². The van der Waals surface area contributed by atoms with Crippen molar-refractivity contribution in [1.29, 1.82) is 0 Å². The highest BCUT2D eigenvalue weighted by molar-refractivity contribution is 6.10. The number of benzene rings is 2. The third kappa shape index (κ3) is 2.88. The lowest BCUT2D eigenvalue weighted by Gasteiger charge is -2.22. The minimum atomic E-state index is -0.649. The molecule has 0 saturated carbocycles. The van der Waals surface area contributed by atoms with Crippen LogP contribution in [0.15, 0.2) is 59.4 Å². The number of carbonyl (C=O) groups is 1. The van der Waals surface area contributed by atoms with Crippen molar-refractivity contribution in [3.8, 4) is 5.75 Å². The summed E-state index contributed by atoms with van der Waals surface area (Å²) in [6.45, 7) is -0.256. The van der Waals surface area contributed by atoms with E-state index in [1.165, 1.54) is 9.47 Å². The van der Waals surface area contributed by atoms with Crippen molar-refractivity contribution in [2.45, 2.75) is 0 Å². The minimum absolute atomic E-state index is 0.0122. The zero-order chi connectivity index (χ0) is 18.0. The van der Waals surface area contributed by atoms with E-state index in [1.807, 2.05) is 0 Å². The fraction of sp³-hybridized carbons (Fsp3) is 0.158. The van der Waals surface area contributed by atoms with E-state index in [9.17, 15) is 19.8 Å². The van der Waals surface area contributed by atoms with E-state index in [-0.39, 0.29) is 24.5 Å². The van der Waals surface area contributed by atoms with Crippen LogP contribution in [-0.4, -0.2) is 33.8 Å². The van der Waals surface area contributed by atoms with Gasteiger partial charge in [0.05, 0.1) is 12.1 Å². The average Bonchev–Trinajstić information content (AvgIpc) is 2.65. The normalized spacial score (nSPS) is 10.8. The summed E-state index contributed by atoms with van der Waals surface area (Å²) < 4.78 is 1.34. The van der Waals surface area contributed by atoms with Gasteiger partial charge in [0.15, 0.2) is 0 Å². The molecule has 0 saturated heterocycles. The maximum Gasteiger partial charge on any atom is 0.267 e. The van der Waals surface area contributed by atoms with Gasteiger partial charge in [-0.1, -0.05) is 30.3 Å². The standard InChI is InChI=1S/C19H18N2O4/c1-20-15-10-6-5-9-14(15)17(23)16(18(20)24)19(25)21(11-12-22)13-7-3-2-4-8-13/h2-10,22-23H,11-12H2,1H3. The first kappa shape index (κ1) is 16.7. The van der Waals surface area contributed by atoms with Gasteiger partial charge in [-0.05, 0) is 24.3 Å². The Kier molecular flexibility index (Phi) is 4.54. The molecule has 0 radical (unpaired) electrons. The molecule has 1 amide bonds. The number of amides is 1. The number of nitrogens with zero attached hydrogens (tertiary/aromatic N) is 2. The molecule has 0 spiro atoms. The van der Waals surface area contributed by atoms with E-state index in [0.717, 1.165) is 0 Å². The molecule has 0 aliphatic carbocycles. The molecule has 25 heavy (non-hydrogen) atoms. The van der Waals surface area contributed by atoms with E-state index in [4.69, 9.17) is 0 Å². The van der Waals surface area contributed by atoms with Gasteiger partial charge in [-0.25, -0.2) is 0 Å². The number of aliphatic hydroxyl groups excluding tert-OH is 1. The number of carbonyl (C=O) groups excluding carboxylic acids is 1. The van der Waals surface area contributed by atoms with Crippen molar-refractivity contribution in [3.05, 3.63) is 70.5 Å². The maximum absolute atomic E-state index is 13.0. The Morgan fingerprint density at radius 2 is 1.72 bits per heavy atom. The number of rotatable bonds is 4. The fourth-order valence-electron chi connectivity index (χ4n) is 2.86. The first-order chi connectivity index (χ1) is 12.1. The lowest BCUT2D eigenvalue weighted by molar-refractivity contribution is 0.0976.